The van der Waals surface area contributed by atoms with E-state index in [4.69, 9.17) is 9.47 Å². The van der Waals surface area contributed by atoms with Crippen LogP contribution in [0.1, 0.15) is 5.82 Å². The van der Waals surface area contributed by atoms with Crippen LogP contribution in [0, 0.1) is 0 Å². The lowest BCUT2D eigenvalue weighted by atomic mass is 10.2. The zero-order valence-corrected chi connectivity index (χ0v) is 11.7. The number of hydrogen-bond acceptors (Lipinski definition) is 7. The van der Waals surface area contributed by atoms with Crippen molar-refractivity contribution in [1.82, 2.24) is 19.8 Å². The lowest BCUT2D eigenvalue weighted by Gasteiger charge is -2.03. The molecule has 0 fully saturated rings. The number of benzene rings is 1. The number of fused-ring (bicyclic) bond motifs is 1. The van der Waals surface area contributed by atoms with E-state index in [1.54, 1.807) is 23.8 Å². The maximum Gasteiger partial charge on any atom is 0.235 e. The molecule has 3 aromatic rings. The highest BCUT2D eigenvalue weighted by Gasteiger charge is 2.14. The number of methoxy groups -OCH3 is 2. The predicted molar refractivity (Wildman–Crippen MR) is 73.0 cm³/mol. The summed E-state index contributed by atoms with van der Waals surface area (Å²) in [5.74, 6) is 1.15. The van der Waals surface area contributed by atoms with Gasteiger partial charge in [0.1, 0.15) is 11.6 Å². The van der Waals surface area contributed by atoms with Crippen molar-refractivity contribution in [3.8, 4) is 22.1 Å². The summed E-state index contributed by atoms with van der Waals surface area (Å²) < 4.78 is 11.7. The van der Waals surface area contributed by atoms with E-state index in [9.17, 15) is 5.11 Å². The van der Waals surface area contributed by atoms with Gasteiger partial charge in [0.2, 0.25) is 4.96 Å². The molecule has 20 heavy (non-hydrogen) atoms. The summed E-state index contributed by atoms with van der Waals surface area (Å²) in [6, 6.07) is 5.14. The Bertz CT molecular complexity index is 752. The van der Waals surface area contributed by atoms with Crippen LogP contribution in [0.25, 0.3) is 15.5 Å². The highest BCUT2D eigenvalue weighted by Crippen LogP contribution is 2.33. The molecule has 0 unspecified atom stereocenters. The molecule has 1 aromatic carbocycles. The van der Waals surface area contributed by atoms with Crippen LogP contribution in [0.15, 0.2) is 18.2 Å². The molecule has 0 aliphatic carbocycles. The minimum Gasteiger partial charge on any atom is -0.504 e. The van der Waals surface area contributed by atoms with E-state index >= 15 is 0 Å². The molecule has 0 bridgehead atoms. The highest BCUT2D eigenvalue weighted by molar-refractivity contribution is 7.19. The molecule has 0 saturated carbocycles. The van der Waals surface area contributed by atoms with E-state index in [-0.39, 0.29) is 5.75 Å². The third-order valence-corrected chi connectivity index (χ3v) is 3.70. The van der Waals surface area contributed by atoms with Gasteiger partial charge in [-0.05, 0) is 18.2 Å². The van der Waals surface area contributed by atoms with Crippen molar-refractivity contribution in [1.29, 1.82) is 0 Å². The van der Waals surface area contributed by atoms with Gasteiger partial charge in [0, 0.05) is 12.7 Å². The molecule has 0 saturated heterocycles. The summed E-state index contributed by atoms with van der Waals surface area (Å²) in [4.78, 5) is 0.683. The van der Waals surface area contributed by atoms with Crippen molar-refractivity contribution in [3.63, 3.8) is 0 Å². The molecule has 0 aliphatic rings. The van der Waals surface area contributed by atoms with Crippen LogP contribution < -0.4 is 4.74 Å². The Morgan fingerprint density at radius 1 is 1.30 bits per heavy atom. The monoisotopic (exact) mass is 292 g/mol. The number of ether oxygens (including phenoxy) is 2. The van der Waals surface area contributed by atoms with Gasteiger partial charge < -0.3 is 14.6 Å². The van der Waals surface area contributed by atoms with Gasteiger partial charge in [-0.2, -0.15) is 9.61 Å². The molecule has 1 N–H and O–H groups in total. The lowest BCUT2D eigenvalue weighted by Crippen LogP contribution is -1.97. The first-order valence-corrected chi connectivity index (χ1v) is 6.62. The van der Waals surface area contributed by atoms with Crippen molar-refractivity contribution < 1.29 is 14.6 Å². The molecule has 7 nitrogen and oxygen atoms in total. The van der Waals surface area contributed by atoms with Crippen LogP contribution in [0.5, 0.6) is 11.5 Å². The molecule has 0 aliphatic heterocycles. The Balaban J connectivity index is 2.03. The largest absolute Gasteiger partial charge is 0.504 e. The molecule has 104 valence electrons. The van der Waals surface area contributed by atoms with Gasteiger partial charge in [0.25, 0.3) is 0 Å². The molecule has 2 aromatic heterocycles. The molecule has 8 heteroatoms. The summed E-state index contributed by atoms with van der Waals surface area (Å²) >= 11 is 1.39. The zero-order valence-electron chi connectivity index (χ0n) is 10.9. The average Bonchev–Trinajstić information content (AvgIpc) is 3.01. The highest BCUT2D eigenvalue weighted by atomic mass is 32.1. The van der Waals surface area contributed by atoms with Gasteiger partial charge in [-0.3, -0.25) is 0 Å². The predicted octanol–water partition coefficient (Wildman–Crippen LogP) is 1.71. The molecule has 0 spiro atoms. The number of rotatable bonds is 4. The third kappa shape index (κ3) is 2.08. The van der Waals surface area contributed by atoms with E-state index < -0.39 is 0 Å². The number of hydrogen-bond donors (Lipinski definition) is 1. The standard InChI is InChI=1S/C12H12N4O3S/c1-18-6-10-13-14-12-16(10)15-11(20-12)7-3-4-9(19-2)8(17)5-7/h3-5,17H,6H2,1-2H3. The number of phenolic OH excluding ortho intramolecular Hbond substituents is 1. The van der Waals surface area contributed by atoms with Crippen LogP contribution in [0.3, 0.4) is 0 Å². The average molecular weight is 292 g/mol. The fraction of sp³-hybridized carbons (Fsp3) is 0.250. The second-order valence-electron chi connectivity index (χ2n) is 4.04. The van der Waals surface area contributed by atoms with Gasteiger partial charge in [0.05, 0.1) is 7.11 Å². The normalized spacial score (nSPS) is 11.1. The first-order valence-electron chi connectivity index (χ1n) is 5.80. The Hall–Kier alpha value is -2.19. The quantitative estimate of drug-likeness (QED) is 0.788. The van der Waals surface area contributed by atoms with E-state index in [1.807, 2.05) is 6.07 Å². The van der Waals surface area contributed by atoms with Gasteiger partial charge in [-0.25, -0.2) is 0 Å². The van der Waals surface area contributed by atoms with E-state index in [0.717, 1.165) is 10.6 Å². The van der Waals surface area contributed by atoms with E-state index in [0.29, 0.717) is 23.1 Å². The summed E-state index contributed by atoms with van der Waals surface area (Å²) in [6.45, 7) is 0.345. The first kappa shape index (κ1) is 12.8. The molecule has 0 radical (unpaired) electrons. The van der Waals surface area contributed by atoms with Crippen molar-refractivity contribution in [3.05, 3.63) is 24.0 Å². The lowest BCUT2D eigenvalue weighted by molar-refractivity contribution is 0.176. The van der Waals surface area contributed by atoms with Crippen molar-refractivity contribution in [2.75, 3.05) is 14.2 Å². The summed E-state index contributed by atoms with van der Waals surface area (Å²) in [5.41, 5.74) is 0.794. The molecular weight excluding hydrogens is 280 g/mol. The van der Waals surface area contributed by atoms with Crippen molar-refractivity contribution in [2.45, 2.75) is 6.61 Å². The number of nitrogens with zero attached hydrogens (tertiary/aromatic N) is 4. The van der Waals surface area contributed by atoms with E-state index in [1.165, 1.54) is 18.4 Å². The first-order chi connectivity index (χ1) is 9.72. The number of aromatic nitrogens is 4. The van der Waals surface area contributed by atoms with Crippen LogP contribution in [-0.2, 0) is 11.3 Å². The fourth-order valence-corrected chi connectivity index (χ4v) is 2.67. The van der Waals surface area contributed by atoms with Crippen LogP contribution in [0.2, 0.25) is 0 Å². The van der Waals surface area contributed by atoms with Gasteiger partial charge in [0.15, 0.2) is 17.3 Å². The van der Waals surface area contributed by atoms with E-state index in [2.05, 4.69) is 15.3 Å². The Kier molecular flexibility index (Phi) is 3.25. The smallest absolute Gasteiger partial charge is 0.235 e. The van der Waals surface area contributed by atoms with Gasteiger partial charge in [-0.15, -0.1) is 10.2 Å². The summed E-state index contributed by atoms with van der Waals surface area (Å²) in [5, 5.41) is 23.0. The molecule has 0 atom stereocenters. The maximum absolute atomic E-state index is 9.81. The van der Waals surface area contributed by atoms with Crippen LogP contribution in [-0.4, -0.2) is 39.1 Å². The second-order valence-corrected chi connectivity index (χ2v) is 4.99. The van der Waals surface area contributed by atoms with Crippen molar-refractivity contribution in [2.24, 2.45) is 0 Å². The minimum atomic E-state index is 0.0769. The Labute approximate surface area is 118 Å². The molecular formula is C12H12N4O3S. The fourth-order valence-electron chi connectivity index (χ4n) is 1.82. The Morgan fingerprint density at radius 2 is 2.15 bits per heavy atom. The second kappa shape index (κ2) is 5.06. The topological polar surface area (TPSA) is 81.8 Å². The summed E-state index contributed by atoms with van der Waals surface area (Å²) in [7, 11) is 3.10. The summed E-state index contributed by atoms with van der Waals surface area (Å²) in [6.07, 6.45) is 0. The number of phenols is 1. The molecule has 0 amide bonds. The van der Waals surface area contributed by atoms with Gasteiger partial charge >= 0.3 is 0 Å². The van der Waals surface area contributed by atoms with Crippen LogP contribution in [0.4, 0.5) is 0 Å². The molecule has 2 heterocycles. The van der Waals surface area contributed by atoms with Crippen molar-refractivity contribution >= 4 is 16.3 Å². The SMILES string of the molecule is COCc1nnc2sc(-c3ccc(OC)c(O)c3)nn12. The zero-order chi connectivity index (χ0) is 14.1. The van der Waals surface area contributed by atoms with Gasteiger partial charge in [-0.1, -0.05) is 11.3 Å². The maximum atomic E-state index is 9.81. The number of aromatic hydroxyl groups is 1. The molecule has 3 rings (SSSR count). The Morgan fingerprint density at radius 3 is 2.85 bits per heavy atom. The third-order valence-electron chi connectivity index (χ3n) is 2.75. The van der Waals surface area contributed by atoms with Crippen LogP contribution >= 0.6 is 11.3 Å². The minimum absolute atomic E-state index is 0.0769.